The van der Waals surface area contributed by atoms with Crippen LogP contribution >= 0.6 is 0 Å². The molecule has 420 valence electrons. The van der Waals surface area contributed by atoms with Gasteiger partial charge < -0.3 is 9.80 Å². The number of hydrogen-bond donors (Lipinski definition) is 0. The molecule has 0 aliphatic heterocycles. The lowest BCUT2D eigenvalue weighted by molar-refractivity contribution is 0.660. The van der Waals surface area contributed by atoms with Crippen LogP contribution < -0.4 is 9.80 Å². The molecule has 86 heavy (non-hydrogen) atoms. The van der Waals surface area contributed by atoms with Crippen LogP contribution in [0.5, 0.6) is 0 Å². The van der Waals surface area contributed by atoms with Crippen molar-refractivity contribution in [3.63, 3.8) is 0 Å². The standard InChI is InChI=1S/C84H74N2/c1-51-33-52(2)38-65(37-51)85(66-39-53(3)34-54(4)40-66)63-25-31-75-73-29-23-61(47-79(73)83(9,10)81(75)49-63)19-17-59-21-27-71-72-28-22-60(46-78(72)70-16-14-13-15-69(70)77(71)45-59)18-20-62-24-30-74-76-32-26-64(50-82(76)84(11,12)80(74)48-62)86(67-41-55(5)35-56(6)42-67)68-43-57(7)36-58(8)44-68/h13-50H,1-12H3. The van der Waals surface area contributed by atoms with E-state index in [0.29, 0.717) is 0 Å². The molecule has 2 heteroatoms. The third kappa shape index (κ3) is 9.53. The number of benzene rings is 12. The van der Waals surface area contributed by atoms with E-state index in [4.69, 9.17) is 0 Å². The Hall–Kier alpha value is -9.50. The van der Waals surface area contributed by atoms with Crippen LogP contribution in [-0.2, 0) is 10.8 Å². The number of hydrogen-bond acceptors (Lipinski definition) is 2. The van der Waals surface area contributed by atoms with Crippen LogP contribution in [0.3, 0.4) is 0 Å². The quantitative estimate of drug-likeness (QED) is 0.0995. The van der Waals surface area contributed by atoms with Gasteiger partial charge in [0.05, 0.1) is 0 Å². The highest BCUT2D eigenvalue weighted by Gasteiger charge is 2.38. The summed E-state index contributed by atoms with van der Waals surface area (Å²) in [5, 5.41) is 7.62. The Bertz CT molecular complexity index is 4350. The van der Waals surface area contributed by atoms with Crippen LogP contribution in [0.25, 0.3) is 78.9 Å². The maximum absolute atomic E-state index is 2.44. The van der Waals surface area contributed by atoms with Gasteiger partial charge in [-0.3, -0.25) is 0 Å². The summed E-state index contributed by atoms with van der Waals surface area (Å²) in [5.74, 6) is 0. The summed E-state index contributed by atoms with van der Waals surface area (Å²) in [7, 11) is 0. The highest BCUT2D eigenvalue weighted by molar-refractivity contribution is 6.26. The fourth-order valence-electron chi connectivity index (χ4n) is 14.8. The van der Waals surface area contributed by atoms with Crippen LogP contribution in [-0.4, -0.2) is 0 Å². The molecular weight excluding hydrogens is 1040 g/mol. The minimum Gasteiger partial charge on any atom is -0.310 e. The fourth-order valence-corrected chi connectivity index (χ4v) is 14.8. The van der Waals surface area contributed by atoms with Crippen molar-refractivity contribution in [2.24, 2.45) is 0 Å². The highest BCUT2D eigenvalue weighted by Crippen LogP contribution is 2.53. The van der Waals surface area contributed by atoms with Gasteiger partial charge in [0.1, 0.15) is 0 Å². The molecule has 2 aliphatic carbocycles. The lowest BCUT2D eigenvalue weighted by Crippen LogP contribution is -2.17. The molecule has 0 fully saturated rings. The van der Waals surface area contributed by atoms with Gasteiger partial charge in [0.15, 0.2) is 0 Å². The number of aryl methyl sites for hydroxylation is 8. The fraction of sp³-hybridized carbons (Fsp3) is 0.167. The molecule has 2 aliphatic rings. The number of anilines is 6. The topological polar surface area (TPSA) is 6.48 Å². The molecule has 0 amide bonds. The molecule has 0 radical (unpaired) electrons. The van der Waals surface area contributed by atoms with Crippen LogP contribution in [0.2, 0.25) is 0 Å². The molecule has 0 atom stereocenters. The van der Waals surface area contributed by atoms with E-state index in [1.807, 2.05) is 0 Å². The van der Waals surface area contributed by atoms with Gasteiger partial charge in [-0.1, -0.05) is 173 Å². The van der Waals surface area contributed by atoms with Crippen molar-refractivity contribution in [3.05, 3.63) is 295 Å². The van der Waals surface area contributed by atoms with Crippen molar-refractivity contribution in [2.45, 2.75) is 93.9 Å². The lowest BCUT2D eigenvalue weighted by Gasteiger charge is -2.29. The van der Waals surface area contributed by atoms with E-state index in [-0.39, 0.29) is 10.8 Å². The zero-order valence-electron chi connectivity index (χ0n) is 51.8. The zero-order valence-corrected chi connectivity index (χ0v) is 51.8. The summed E-state index contributed by atoms with van der Waals surface area (Å²) in [5.41, 5.74) is 32.3. The summed E-state index contributed by atoms with van der Waals surface area (Å²) in [6, 6.07) is 78.7. The molecule has 0 saturated heterocycles. The van der Waals surface area contributed by atoms with Crippen LogP contribution in [0, 0.1) is 55.4 Å². The number of rotatable bonds is 10. The molecule has 0 unspecified atom stereocenters. The van der Waals surface area contributed by atoms with E-state index in [0.717, 1.165) is 0 Å². The van der Waals surface area contributed by atoms with Gasteiger partial charge in [-0.25, -0.2) is 0 Å². The summed E-state index contributed by atoms with van der Waals surface area (Å²) < 4.78 is 0. The van der Waals surface area contributed by atoms with Crippen LogP contribution in [0.1, 0.15) is 117 Å². The summed E-state index contributed by atoms with van der Waals surface area (Å²) in [6.45, 7) is 27.1. The molecule has 0 spiro atoms. The monoisotopic (exact) mass is 1110 g/mol. The first kappa shape index (κ1) is 54.4. The molecule has 2 nitrogen and oxygen atoms in total. The summed E-state index contributed by atoms with van der Waals surface area (Å²) in [4.78, 5) is 4.88. The number of nitrogens with zero attached hydrogens (tertiary/aromatic N) is 2. The molecule has 0 bridgehead atoms. The Kier molecular flexibility index (Phi) is 13.1. The SMILES string of the molecule is Cc1cc(C)cc(N(c2cc(C)cc(C)c2)c2ccc3c(c2)C(C)(C)c2cc(C=Cc4ccc5c6ccc(C=Cc7ccc8c(c7)C(C)(C)c7cc(N(c9cc(C)cc(C)c9)c9cc(C)cc(C)c9)ccc7-8)cc6c6ccccc6c5c4)ccc2-3)c1. The molecule has 0 heterocycles. The molecule has 12 aromatic carbocycles. The van der Waals surface area contributed by atoms with Gasteiger partial charge in [-0.05, 0) is 284 Å². The average Bonchev–Trinajstić information content (AvgIpc) is 1.61. The Morgan fingerprint density at radius 1 is 0.233 bits per heavy atom. The van der Waals surface area contributed by atoms with Crippen molar-refractivity contribution >= 4 is 90.7 Å². The van der Waals surface area contributed by atoms with E-state index in [1.165, 1.54) is 178 Å². The minimum absolute atomic E-state index is 0.189. The predicted molar refractivity (Wildman–Crippen MR) is 372 cm³/mol. The van der Waals surface area contributed by atoms with E-state index in [2.05, 4.69) is 323 Å². The second-order valence-electron chi connectivity index (χ2n) is 26.2. The van der Waals surface area contributed by atoms with Gasteiger partial charge in [0, 0.05) is 45.0 Å². The van der Waals surface area contributed by atoms with Crippen molar-refractivity contribution in [1.29, 1.82) is 0 Å². The van der Waals surface area contributed by atoms with Crippen molar-refractivity contribution < 1.29 is 0 Å². The molecule has 0 aromatic heterocycles. The Balaban J connectivity index is 0.735. The largest absolute Gasteiger partial charge is 0.310 e. The lowest BCUT2D eigenvalue weighted by atomic mass is 9.81. The average molecular weight is 1110 g/mol. The second-order valence-corrected chi connectivity index (χ2v) is 26.2. The third-order valence-electron chi connectivity index (χ3n) is 18.6. The van der Waals surface area contributed by atoms with Gasteiger partial charge in [-0.2, -0.15) is 0 Å². The van der Waals surface area contributed by atoms with E-state index < -0.39 is 0 Å². The molecule has 12 aromatic rings. The van der Waals surface area contributed by atoms with Crippen molar-refractivity contribution in [3.8, 4) is 22.3 Å². The first-order chi connectivity index (χ1) is 41.3. The van der Waals surface area contributed by atoms with Crippen LogP contribution in [0.4, 0.5) is 34.1 Å². The van der Waals surface area contributed by atoms with Gasteiger partial charge in [0.2, 0.25) is 0 Å². The number of fused-ring (bicyclic) bond motifs is 12. The zero-order chi connectivity index (χ0) is 59.5. The molecule has 0 saturated carbocycles. The van der Waals surface area contributed by atoms with E-state index in [9.17, 15) is 0 Å². The maximum Gasteiger partial charge on any atom is 0.0466 e. The smallest absolute Gasteiger partial charge is 0.0466 e. The molecule has 0 N–H and O–H groups in total. The summed E-state index contributed by atoms with van der Waals surface area (Å²) in [6.07, 6.45) is 9.16. The predicted octanol–water partition coefficient (Wildman–Crippen LogP) is 23.5. The maximum atomic E-state index is 2.44. The molecular formula is C84H74N2. The van der Waals surface area contributed by atoms with Gasteiger partial charge >= 0.3 is 0 Å². The van der Waals surface area contributed by atoms with Crippen molar-refractivity contribution in [2.75, 3.05) is 9.80 Å². The Labute approximate surface area is 509 Å². The normalized spacial score (nSPS) is 13.7. The Morgan fingerprint density at radius 2 is 0.488 bits per heavy atom. The third-order valence-corrected chi connectivity index (χ3v) is 18.6. The van der Waals surface area contributed by atoms with Gasteiger partial charge in [-0.15, -0.1) is 0 Å². The van der Waals surface area contributed by atoms with Crippen molar-refractivity contribution in [1.82, 2.24) is 0 Å². The Morgan fingerprint density at radius 3 is 0.802 bits per heavy atom. The minimum atomic E-state index is -0.189. The first-order valence-corrected chi connectivity index (χ1v) is 30.6. The first-order valence-electron chi connectivity index (χ1n) is 30.6. The van der Waals surface area contributed by atoms with Crippen LogP contribution in [0.15, 0.2) is 206 Å². The summed E-state index contributed by atoms with van der Waals surface area (Å²) >= 11 is 0. The van der Waals surface area contributed by atoms with E-state index in [1.54, 1.807) is 0 Å². The second kappa shape index (κ2) is 20.6. The van der Waals surface area contributed by atoms with Gasteiger partial charge in [0.25, 0.3) is 0 Å². The van der Waals surface area contributed by atoms with E-state index >= 15 is 0 Å². The highest BCUT2D eigenvalue weighted by atomic mass is 15.1. The molecule has 14 rings (SSSR count).